The molecule has 0 unspecified atom stereocenters. The quantitative estimate of drug-likeness (QED) is 0.408. The molecule has 1 N–H and O–H groups in total. The Morgan fingerprint density at radius 3 is 2.40 bits per heavy atom. The first-order chi connectivity index (χ1) is 13.0. The van der Waals surface area contributed by atoms with E-state index in [4.69, 9.17) is 9.90 Å². The van der Waals surface area contributed by atoms with Crippen LogP contribution in [0.15, 0.2) is 61.2 Å². The van der Waals surface area contributed by atoms with Crippen molar-refractivity contribution in [3.63, 3.8) is 0 Å². The first-order valence-electron chi connectivity index (χ1n) is 8.47. The summed E-state index contributed by atoms with van der Waals surface area (Å²) in [5, 5.41) is 15.4. The predicted octanol–water partition coefficient (Wildman–Crippen LogP) is 1.66. The topological polar surface area (TPSA) is 64.3 Å². The van der Waals surface area contributed by atoms with Gasteiger partial charge in [-0.15, -0.1) is 0 Å². The molecule has 0 aliphatic carbocycles. The van der Waals surface area contributed by atoms with E-state index in [1.165, 1.54) is 11.5 Å². The summed E-state index contributed by atoms with van der Waals surface area (Å²) in [6, 6.07) is 18.4. The van der Waals surface area contributed by atoms with Crippen molar-refractivity contribution in [2.75, 3.05) is 0 Å². The fraction of sp³-hybridized carbons (Fsp3) is 0.130. The van der Waals surface area contributed by atoms with E-state index in [9.17, 15) is 0 Å². The monoisotopic (exact) mass is 719 g/mol. The summed E-state index contributed by atoms with van der Waals surface area (Å²) in [6.07, 6.45) is 0.754. The molecule has 150 valence electrons. The van der Waals surface area contributed by atoms with Crippen LogP contribution >= 0.6 is 0 Å². The molecule has 0 spiro atoms. The minimum Gasteiger partial charge on any atom is -0.665 e. The van der Waals surface area contributed by atoms with E-state index in [2.05, 4.69) is 55.7 Å². The Hall–Kier alpha value is 0.171. The smallest absolute Gasteiger partial charge is 0.665 e. The van der Waals surface area contributed by atoms with Crippen LogP contribution in [-0.2, 0) is 64.3 Å². The van der Waals surface area contributed by atoms with Crippen LogP contribution in [0.3, 0.4) is 0 Å². The molecule has 0 bridgehead atoms. The zero-order chi connectivity index (χ0) is 19.8. The summed E-state index contributed by atoms with van der Waals surface area (Å²) in [6.45, 7) is 12.9. The molecule has 0 saturated heterocycles. The maximum atomic E-state index is 8.24. The van der Waals surface area contributed by atoms with Gasteiger partial charge in [-0.05, 0) is 5.56 Å². The number of allylic oxidation sites excluding steroid dienone is 1. The van der Waals surface area contributed by atoms with Gasteiger partial charge >= 0.3 is 58.2 Å². The van der Waals surface area contributed by atoms with E-state index in [1.807, 2.05) is 36.4 Å². The van der Waals surface area contributed by atoms with E-state index < -0.39 is 0 Å². The third-order valence-corrected chi connectivity index (χ3v) is 4.31. The number of rotatable bonds is 5. The number of benzene rings is 2. The minimum absolute atomic E-state index is 0. The van der Waals surface area contributed by atoms with Gasteiger partial charge in [-0.2, -0.15) is 65.6 Å². The van der Waals surface area contributed by atoms with Crippen LogP contribution in [0.25, 0.3) is 16.8 Å². The molecule has 2 radical (unpaired) electrons. The van der Waals surface area contributed by atoms with Crippen molar-refractivity contribution in [2.45, 2.75) is 20.3 Å². The average molecular weight is 719 g/mol. The number of nitrogens with zero attached hydrogens (tertiary/aromatic N) is 2. The zero-order valence-corrected chi connectivity index (χ0v) is 28.0. The molecule has 1 heterocycles. The second-order valence-electron chi connectivity index (χ2n) is 6.26. The van der Waals surface area contributed by atoms with Gasteiger partial charge in [0.15, 0.2) is 0 Å². The van der Waals surface area contributed by atoms with Crippen LogP contribution in [0.5, 0.6) is 0 Å². The first-order valence-corrected chi connectivity index (χ1v) is 8.47. The number of hydrogen-bond acceptors (Lipinski definition) is 2. The molecule has 0 aliphatic heterocycles. The van der Waals surface area contributed by atoms with Crippen LogP contribution in [0, 0.1) is 19.8 Å². The second kappa shape index (κ2) is 16.8. The van der Waals surface area contributed by atoms with Crippen molar-refractivity contribution < 1.29 is 121 Å². The number of aryl methyl sites for hydroxylation is 1. The Morgan fingerprint density at radius 2 is 1.83 bits per heavy atom. The predicted molar refractivity (Wildman–Crippen MR) is 109 cm³/mol. The van der Waals surface area contributed by atoms with E-state index in [1.54, 1.807) is 0 Å². The SMILES string of the molecule is C=C(c1ccc([CH2-])c(C)c1)[C-](C)Cc1cc(-c2ccccc2)n[n-]1.O=[C-]O.[Rb+].[Re].[Y]. The molecule has 3 rings (SSSR count). The van der Waals surface area contributed by atoms with Crippen LogP contribution in [-0.4, -0.2) is 16.7 Å². The Morgan fingerprint density at radius 1 is 1.23 bits per heavy atom. The normalized spacial score (nSPS) is 8.87. The van der Waals surface area contributed by atoms with Gasteiger partial charge in [0.05, 0.1) is 0 Å². The Kier molecular flexibility index (Phi) is 18.1. The maximum Gasteiger partial charge on any atom is 1.00 e. The van der Waals surface area contributed by atoms with Crippen LogP contribution in [0.2, 0.25) is 0 Å². The van der Waals surface area contributed by atoms with Crippen LogP contribution in [0.4, 0.5) is 0 Å². The van der Waals surface area contributed by atoms with Crippen molar-refractivity contribution in [3.8, 4) is 11.3 Å². The van der Waals surface area contributed by atoms with E-state index in [0.29, 0.717) is 6.47 Å². The van der Waals surface area contributed by atoms with E-state index in [0.717, 1.165) is 40.1 Å². The molecule has 3 aromatic rings. The third kappa shape index (κ3) is 9.76. The molecular formula is C23H22N2O2RbReY-3. The van der Waals surface area contributed by atoms with Gasteiger partial charge in [-0.3, -0.25) is 0 Å². The van der Waals surface area contributed by atoms with Crippen molar-refractivity contribution in [2.24, 2.45) is 0 Å². The summed E-state index contributed by atoms with van der Waals surface area (Å²) >= 11 is 0. The van der Waals surface area contributed by atoms with Crippen LogP contribution in [0.1, 0.15) is 29.3 Å². The molecule has 0 amide bonds. The van der Waals surface area contributed by atoms with Crippen molar-refractivity contribution >= 4 is 12.0 Å². The van der Waals surface area contributed by atoms with Gasteiger partial charge in [0.2, 0.25) is 0 Å². The molecule has 0 atom stereocenters. The van der Waals surface area contributed by atoms with Crippen LogP contribution < -0.4 is 63.3 Å². The van der Waals surface area contributed by atoms with Gasteiger partial charge in [-0.25, -0.2) is 0 Å². The molecule has 7 heteroatoms. The van der Waals surface area contributed by atoms with Crippen molar-refractivity contribution in [1.29, 1.82) is 0 Å². The molecule has 30 heavy (non-hydrogen) atoms. The molecule has 0 saturated carbocycles. The summed E-state index contributed by atoms with van der Waals surface area (Å²) in [5.74, 6) is 1.20. The summed E-state index contributed by atoms with van der Waals surface area (Å²) in [7, 11) is 0. The standard InChI is InChI=1S/C22H21N2.CHO2.Rb.Re.Y/c1-15-10-11-20(12-16(15)2)18(4)17(3)13-21-14-22(24-23-21)19-8-6-5-7-9-19;2-1-3;;;/h5-12,14H,1,4,13H2,2-3H3;(H,2,3);;;/q-3;-1;+1;;. The summed E-state index contributed by atoms with van der Waals surface area (Å²) < 4.78 is 0. The third-order valence-electron chi connectivity index (χ3n) is 4.31. The minimum atomic E-state index is 0. The van der Waals surface area contributed by atoms with E-state index in [-0.39, 0.29) is 111 Å². The summed E-state index contributed by atoms with van der Waals surface area (Å²) in [4.78, 5) is 8.24. The zero-order valence-electron chi connectivity index (χ0n) is 17.5. The fourth-order valence-electron chi connectivity index (χ4n) is 2.68. The first kappa shape index (κ1) is 32.4. The average Bonchev–Trinajstić information content (AvgIpc) is 3.13. The Labute approximate surface area is 267 Å². The van der Waals surface area contributed by atoms with Gasteiger partial charge in [-0.1, -0.05) is 63.1 Å². The maximum absolute atomic E-state index is 8.24. The molecule has 4 nitrogen and oxygen atoms in total. The van der Waals surface area contributed by atoms with E-state index >= 15 is 0 Å². The number of aromatic nitrogens is 2. The Balaban J connectivity index is 0. The van der Waals surface area contributed by atoms with Crippen molar-refractivity contribution in [3.05, 3.63) is 96.4 Å². The number of hydrogen-bond donors (Lipinski definition) is 1. The van der Waals surface area contributed by atoms with Gasteiger partial charge in [0, 0.05) is 58.8 Å². The van der Waals surface area contributed by atoms with Gasteiger partial charge < -0.3 is 20.1 Å². The molecule has 2 aromatic carbocycles. The molecule has 1 aromatic heterocycles. The molecule has 0 fully saturated rings. The van der Waals surface area contributed by atoms with Gasteiger partial charge in [0.25, 0.3) is 0 Å². The second-order valence-corrected chi connectivity index (χ2v) is 6.26. The molecular weight excluding hydrogens is 697 g/mol. The number of aliphatic hydroxyl groups excluding tert-OH is 1. The van der Waals surface area contributed by atoms with Crippen molar-refractivity contribution in [1.82, 2.24) is 10.2 Å². The largest absolute Gasteiger partial charge is 1.00 e. The molecule has 0 aliphatic rings. The summed E-state index contributed by atoms with van der Waals surface area (Å²) in [5.41, 5.74) is 7.40. The van der Waals surface area contributed by atoms with Gasteiger partial charge in [0.1, 0.15) is 0 Å². The fourth-order valence-corrected chi connectivity index (χ4v) is 2.68. The Bertz CT molecular complexity index is 917.